The number of piperidine rings is 1. The molecule has 1 amide bonds. The lowest BCUT2D eigenvalue weighted by atomic mass is 9.86. The molecule has 0 aromatic heterocycles. The highest BCUT2D eigenvalue weighted by Gasteiger charge is 2.46. The number of nitrogens with one attached hydrogen (secondary N) is 1. The van der Waals surface area contributed by atoms with Gasteiger partial charge in [0.15, 0.2) is 0 Å². The van der Waals surface area contributed by atoms with Gasteiger partial charge in [0.1, 0.15) is 5.82 Å². The fourth-order valence-corrected chi connectivity index (χ4v) is 3.73. The fraction of sp³-hybridized carbons (Fsp3) is 0.611. The van der Waals surface area contributed by atoms with Crippen LogP contribution < -0.4 is 5.32 Å². The Labute approximate surface area is 142 Å². The SMILES string of the molecule is CO[C@@H]1CN(CC(=O)Nc2cc(C)ccc2F)CC[C@@]12CCCO2. The van der Waals surface area contributed by atoms with Crippen molar-refractivity contribution in [1.82, 2.24) is 4.90 Å². The molecule has 132 valence electrons. The largest absolute Gasteiger partial charge is 0.377 e. The number of rotatable bonds is 4. The Bertz CT molecular complexity index is 602. The van der Waals surface area contributed by atoms with Gasteiger partial charge >= 0.3 is 0 Å². The van der Waals surface area contributed by atoms with Gasteiger partial charge in [0.05, 0.1) is 23.9 Å². The van der Waals surface area contributed by atoms with Crippen LogP contribution in [-0.4, -0.2) is 55.9 Å². The van der Waals surface area contributed by atoms with Gasteiger partial charge in [0.2, 0.25) is 5.91 Å². The molecule has 24 heavy (non-hydrogen) atoms. The summed E-state index contributed by atoms with van der Waals surface area (Å²) < 4.78 is 25.4. The molecule has 1 aromatic rings. The number of carbonyl (C=O) groups excluding carboxylic acids is 1. The number of halogens is 1. The van der Waals surface area contributed by atoms with E-state index in [2.05, 4.69) is 5.32 Å². The molecule has 2 heterocycles. The van der Waals surface area contributed by atoms with Crippen LogP contribution in [0.15, 0.2) is 18.2 Å². The van der Waals surface area contributed by atoms with Gasteiger partial charge in [-0.15, -0.1) is 0 Å². The zero-order chi connectivity index (χ0) is 17.2. The number of amides is 1. The lowest BCUT2D eigenvalue weighted by Crippen LogP contribution is -2.57. The topological polar surface area (TPSA) is 50.8 Å². The minimum atomic E-state index is -0.416. The molecule has 1 aromatic carbocycles. The molecule has 0 bridgehead atoms. The molecule has 0 unspecified atom stereocenters. The molecule has 0 aliphatic carbocycles. The molecular formula is C18H25FN2O3. The molecule has 2 aliphatic heterocycles. The van der Waals surface area contributed by atoms with Gasteiger partial charge in [-0.3, -0.25) is 9.69 Å². The first kappa shape index (κ1) is 17.3. The predicted octanol–water partition coefficient (Wildman–Crippen LogP) is 2.34. The molecular weight excluding hydrogens is 311 g/mol. The van der Waals surface area contributed by atoms with E-state index in [1.54, 1.807) is 19.2 Å². The van der Waals surface area contributed by atoms with Crippen LogP contribution in [0.2, 0.25) is 0 Å². The van der Waals surface area contributed by atoms with E-state index in [1.807, 2.05) is 11.8 Å². The molecule has 2 fully saturated rings. The monoisotopic (exact) mass is 336 g/mol. The number of aryl methyl sites for hydroxylation is 1. The highest BCUT2D eigenvalue weighted by atomic mass is 19.1. The van der Waals surface area contributed by atoms with Gasteiger partial charge in [0.25, 0.3) is 0 Å². The number of benzene rings is 1. The first-order chi connectivity index (χ1) is 11.5. The number of hydrogen-bond acceptors (Lipinski definition) is 4. The molecule has 6 heteroatoms. The van der Waals surface area contributed by atoms with E-state index in [0.29, 0.717) is 6.54 Å². The van der Waals surface area contributed by atoms with Crippen molar-refractivity contribution in [3.05, 3.63) is 29.6 Å². The van der Waals surface area contributed by atoms with Crippen LogP contribution in [-0.2, 0) is 14.3 Å². The molecule has 2 atom stereocenters. The second-order valence-electron chi connectivity index (χ2n) is 6.76. The van der Waals surface area contributed by atoms with Crippen LogP contribution >= 0.6 is 0 Å². The van der Waals surface area contributed by atoms with Crippen molar-refractivity contribution in [2.45, 2.75) is 37.9 Å². The normalized spacial score (nSPS) is 27.5. The van der Waals surface area contributed by atoms with E-state index in [4.69, 9.17) is 9.47 Å². The predicted molar refractivity (Wildman–Crippen MR) is 89.5 cm³/mol. The first-order valence-corrected chi connectivity index (χ1v) is 8.47. The highest BCUT2D eigenvalue weighted by molar-refractivity contribution is 5.92. The summed E-state index contributed by atoms with van der Waals surface area (Å²) in [4.78, 5) is 14.3. The zero-order valence-corrected chi connectivity index (χ0v) is 14.3. The highest BCUT2D eigenvalue weighted by Crippen LogP contribution is 2.37. The molecule has 1 spiro atoms. The summed E-state index contributed by atoms with van der Waals surface area (Å²) in [6.45, 7) is 4.31. The Kier molecular flexibility index (Phi) is 5.18. The van der Waals surface area contributed by atoms with Gasteiger partial charge in [-0.05, 0) is 43.9 Å². The van der Waals surface area contributed by atoms with E-state index in [-0.39, 0.29) is 29.8 Å². The van der Waals surface area contributed by atoms with E-state index >= 15 is 0 Å². The van der Waals surface area contributed by atoms with Crippen molar-refractivity contribution in [3.8, 4) is 0 Å². The number of likely N-dealkylation sites (tertiary alicyclic amines) is 1. The Hall–Kier alpha value is -1.50. The summed E-state index contributed by atoms with van der Waals surface area (Å²) in [5, 5.41) is 2.66. The number of methoxy groups -OCH3 is 1. The van der Waals surface area contributed by atoms with E-state index in [1.165, 1.54) is 6.07 Å². The standard InChI is InChI=1S/C18H25FN2O3/c1-13-4-5-14(19)15(10-13)20-17(22)12-21-8-7-18(6-3-9-24-18)16(11-21)23-2/h4-5,10,16H,3,6-9,11-12H2,1-2H3,(H,20,22)/t16-,18+/m1/s1. The third-order valence-corrected chi connectivity index (χ3v) is 5.04. The quantitative estimate of drug-likeness (QED) is 0.917. The third-order valence-electron chi connectivity index (χ3n) is 5.04. The summed E-state index contributed by atoms with van der Waals surface area (Å²) >= 11 is 0. The molecule has 2 aliphatic rings. The molecule has 2 saturated heterocycles. The van der Waals surface area contributed by atoms with Crippen LogP contribution in [0.25, 0.3) is 0 Å². The Morgan fingerprint density at radius 2 is 2.33 bits per heavy atom. The van der Waals surface area contributed by atoms with Gasteiger partial charge < -0.3 is 14.8 Å². The lowest BCUT2D eigenvalue weighted by Gasteiger charge is -2.44. The zero-order valence-electron chi connectivity index (χ0n) is 14.3. The van der Waals surface area contributed by atoms with Crippen molar-refractivity contribution in [2.24, 2.45) is 0 Å². The van der Waals surface area contributed by atoms with Crippen molar-refractivity contribution in [2.75, 3.05) is 38.7 Å². The minimum Gasteiger partial charge on any atom is -0.377 e. The van der Waals surface area contributed by atoms with Crippen molar-refractivity contribution in [3.63, 3.8) is 0 Å². The van der Waals surface area contributed by atoms with Crippen molar-refractivity contribution >= 4 is 11.6 Å². The lowest BCUT2D eigenvalue weighted by molar-refractivity contribution is -0.145. The van der Waals surface area contributed by atoms with Gasteiger partial charge in [0, 0.05) is 26.8 Å². The Morgan fingerprint density at radius 3 is 3.04 bits per heavy atom. The van der Waals surface area contributed by atoms with Gasteiger partial charge in [-0.1, -0.05) is 6.07 Å². The fourth-order valence-electron chi connectivity index (χ4n) is 3.73. The van der Waals surface area contributed by atoms with Crippen LogP contribution in [0.3, 0.4) is 0 Å². The summed E-state index contributed by atoms with van der Waals surface area (Å²) in [7, 11) is 1.69. The smallest absolute Gasteiger partial charge is 0.238 e. The minimum absolute atomic E-state index is 0.0303. The molecule has 5 nitrogen and oxygen atoms in total. The maximum absolute atomic E-state index is 13.8. The molecule has 0 saturated carbocycles. The number of hydrogen-bond donors (Lipinski definition) is 1. The van der Waals surface area contributed by atoms with Crippen LogP contribution in [0.1, 0.15) is 24.8 Å². The first-order valence-electron chi connectivity index (χ1n) is 8.47. The van der Waals surface area contributed by atoms with Crippen molar-refractivity contribution in [1.29, 1.82) is 0 Å². The van der Waals surface area contributed by atoms with E-state index in [0.717, 1.165) is 38.0 Å². The maximum Gasteiger partial charge on any atom is 0.238 e. The number of nitrogens with zero attached hydrogens (tertiary/aromatic N) is 1. The van der Waals surface area contributed by atoms with Crippen LogP contribution in [0.5, 0.6) is 0 Å². The molecule has 0 radical (unpaired) electrons. The maximum atomic E-state index is 13.8. The average Bonchev–Trinajstić information content (AvgIpc) is 3.02. The number of anilines is 1. The molecule has 3 rings (SSSR count). The number of ether oxygens (including phenoxy) is 2. The van der Waals surface area contributed by atoms with Crippen LogP contribution in [0.4, 0.5) is 10.1 Å². The van der Waals surface area contributed by atoms with Crippen molar-refractivity contribution < 1.29 is 18.7 Å². The Balaban J connectivity index is 1.58. The van der Waals surface area contributed by atoms with E-state index < -0.39 is 5.82 Å². The van der Waals surface area contributed by atoms with Crippen LogP contribution in [0, 0.1) is 12.7 Å². The van der Waals surface area contributed by atoms with E-state index in [9.17, 15) is 9.18 Å². The Morgan fingerprint density at radius 1 is 1.50 bits per heavy atom. The summed E-state index contributed by atoms with van der Waals surface area (Å²) in [6, 6.07) is 4.69. The average molecular weight is 336 g/mol. The molecule has 1 N–H and O–H groups in total. The summed E-state index contributed by atoms with van der Waals surface area (Å²) in [5.41, 5.74) is 0.949. The number of carbonyl (C=O) groups is 1. The second kappa shape index (κ2) is 7.17. The summed E-state index contributed by atoms with van der Waals surface area (Å²) in [5.74, 6) is -0.627. The third kappa shape index (κ3) is 3.61. The van der Waals surface area contributed by atoms with Gasteiger partial charge in [-0.2, -0.15) is 0 Å². The summed E-state index contributed by atoms with van der Waals surface area (Å²) in [6.07, 6.45) is 2.90. The van der Waals surface area contributed by atoms with Gasteiger partial charge in [-0.25, -0.2) is 4.39 Å². The second-order valence-corrected chi connectivity index (χ2v) is 6.76.